The van der Waals surface area contributed by atoms with Crippen molar-refractivity contribution in [3.63, 3.8) is 0 Å². The van der Waals surface area contributed by atoms with Gasteiger partial charge in [-0.25, -0.2) is 0 Å². The minimum Gasteiger partial charge on any atom is -0.358 e. The van der Waals surface area contributed by atoms with Crippen LogP contribution in [0.3, 0.4) is 0 Å². The van der Waals surface area contributed by atoms with Gasteiger partial charge in [-0.05, 0) is 43.0 Å². The number of hydrogen-bond donors (Lipinski definition) is 1. The third kappa shape index (κ3) is 1.74. The van der Waals surface area contributed by atoms with Crippen molar-refractivity contribution in [3.05, 3.63) is 70.9 Å². The molecule has 4 heteroatoms. The number of nitrogens with one attached hydrogen (secondary N) is 1. The number of benzene rings is 2. The van der Waals surface area contributed by atoms with E-state index in [4.69, 9.17) is 0 Å². The lowest BCUT2D eigenvalue weighted by Gasteiger charge is -2.29. The van der Waals surface area contributed by atoms with E-state index in [9.17, 15) is 9.59 Å². The van der Waals surface area contributed by atoms with Crippen LogP contribution in [0.25, 0.3) is 10.9 Å². The summed E-state index contributed by atoms with van der Waals surface area (Å²) in [6.07, 6.45) is 2.40. The van der Waals surface area contributed by atoms with Crippen LogP contribution >= 0.6 is 0 Å². The number of rotatable bonds is 1. The standard InChI is InChI=1S/C20H16N2O2/c23-19-14-6-1-2-7-15(14)20(24)22(19)12-9-10-18-16(11-12)13-5-3-4-8-17(13)21-18/h1-8,12,21H,9-11H2. The highest BCUT2D eigenvalue weighted by Crippen LogP contribution is 2.34. The van der Waals surface area contributed by atoms with E-state index in [0.29, 0.717) is 11.1 Å². The molecule has 2 aromatic carbocycles. The van der Waals surface area contributed by atoms with Gasteiger partial charge in [0, 0.05) is 22.6 Å². The van der Waals surface area contributed by atoms with E-state index < -0.39 is 0 Å². The van der Waals surface area contributed by atoms with E-state index in [2.05, 4.69) is 17.1 Å². The zero-order valence-electron chi connectivity index (χ0n) is 13.1. The molecule has 24 heavy (non-hydrogen) atoms. The maximum atomic E-state index is 12.7. The fraction of sp³-hybridized carbons (Fsp3) is 0.200. The van der Waals surface area contributed by atoms with Crippen LogP contribution in [0.15, 0.2) is 48.5 Å². The number of H-pyrrole nitrogens is 1. The van der Waals surface area contributed by atoms with Crippen molar-refractivity contribution in [1.82, 2.24) is 9.88 Å². The fourth-order valence-electron chi connectivity index (χ4n) is 4.11. The van der Waals surface area contributed by atoms with Gasteiger partial charge in [-0.2, -0.15) is 0 Å². The van der Waals surface area contributed by atoms with Crippen molar-refractivity contribution in [3.8, 4) is 0 Å². The molecule has 2 amide bonds. The van der Waals surface area contributed by atoms with Crippen LogP contribution in [0.5, 0.6) is 0 Å². The Morgan fingerprint density at radius 1 is 0.917 bits per heavy atom. The molecule has 1 aromatic heterocycles. The largest absolute Gasteiger partial charge is 0.358 e. The topological polar surface area (TPSA) is 53.2 Å². The molecule has 0 bridgehead atoms. The highest BCUT2D eigenvalue weighted by atomic mass is 16.2. The normalized spacial score (nSPS) is 19.7. The van der Waals surface area contributed by atoms with Gasteiger partial charge in [0.1, 0.15) is 0 Å². The van der Waals surface area contributed by atoms with Crippen LogP contribution in [0.4, 0.5) is 0 Å². The number of hydrogen-bond acceptors (Lipinski definition) is 2. The monoisotopic (exact) mass is 316 g/mol. The summed E-state index contributed by atoms with van der Waals surface area (Å²) in [5.74, 6) is -0.298. The maximum absolute atomic E-state index is 12.7. The Labute approximate surface area is 139 Å². The third-order valence-electron chi connectivity index (χ3n) is 5.26. The van der Waals surface area contributed by atoms with Crippen molar-refractivity contribution in [2.45, 2.75) is 25.3 Å². The Bertz CT molecular complexity index is 967. The molecule has 0 saturated carbocycles. The van der Waals surface area contributed by atoms with E-state index in [-0.39, 0.29) is 17.9 Å². The van der Waals surface area contributed by atoms with Gasteiger partial charge >= 0.3 is 0 Å². The van der Waals surface area contributed by atoms with E-state index >= 15 is 0 Å². The summed E-state index contributed by atoms with van der Waals surface area (Å²) in [7, 11) is 0. The predicted octanol–water partition coefficient (Wildman–Crippen LogP) is 3.32. The van der Waals surface area contributed by atoms with Gasteiger partial charge in [0.05, 0.1) is 11.1 Å². The highest BCUT2D eigenvalue weighted by Gasteiger charge is 2.41. The first-order chi connectivity index (χ1) is 11.7. The predicted molar refractivity (Wildman–Crippen MR) is 91.1 cm³/mol. The summed E-state index contributed by atoms with van der Waals surface area (Å²) < 4.78 is 0. The zero-order valence-corrected chi connectivity index (χ0v) is 13.1. The lowest BCUT2D eigenvalue weighted by Crippen LogP contribution is -2.43. The van der Waals surface area contributed by atoms with E-state index in [0.717, 1.165) is 24.8 Å². The van der Waals surface area contributed by atoms with Crippen molar-refractivity contribution in [2.24, 2.45) is 0 Å². The lowest BCUT2D eigenvalue weighted by atomic mass is 9.90. The molecule has 3 aromatic rings. The SMILES string of the molecule is O=C1c2ccccc2C(=O)N1C1CCc2[nH]c3ccccc3c2C1. The number of amides is 2. The van der Waals surface area contributed by atoms with Crippen molar-refractivity contribution < 1.29 is 9.59 Å². The first kappa shape index (κ1) is 13.5. The van der Waals surface area contributed by atoms with Gasteiger partial charge in [0.2, 0.25) is 0 Å². The Hall–Kier alpha value is -2.88. The van der Waals surface area contributed by atoms with Gasteiger partial charge in [-0.3, -0.25) is 14.5 Å². The number of aryl methyl sites for hydroxylation is 1. The number of aromatic amines is 1. The van der Waals surface area contributed by atoms with Crippen LogP contribution in [0, 0.1) is 0 Å². The van der Waals surface area contributed by atoms with Crippen molar-refractivity contribution in [2.75, 3.05) is 0 Å². The van der Waals surface area contributed by atoms with E-state index in [1.54, 1.807) is 12.1 Å². The molecule has 5 rings (SSSR count). The molecule has 0 fully saturated rings. The van der Waals surface area contributed by atoms with Crippen LogP contribution < -0.4 is 0 Å². The fourth-order valence-corrected chi connectivity index (χ4v) is 4.11. The molecule has 1 aliphatic carbocycles. The first-order valence-electron chi connectivity index (χ1n) is 8.29. The van der Waals surface area contributed by atoms with Crippen LogP contribution in [-0.2, 0) is 12.8 Å². The van der Waals surface area contributed by atoms with Gasteiger partial charge in [0.15, 0.2) is 0 Å². The average Bonchev–Trinajstić information content (AvgIpc) is 3.11. The smallest absolute Gasteiger partial charge is 0.261 e. The number of carbonyl (C=O) groups excluding carboxylic acids is 2. The number of carbonyl (C=O) groups is 2. The quantitative estimate of drug-likeness (QED) is 0.700. The van der Waals surface area contributed by atoms with Crippen LogP contribution in [0.2, 0.25) is 0 Å². The van der Waals surface area contributed by atoms with Gasteiger partial charge in [-0.1, -0.05) is 30.3 Å². The molecule has 0 saturated heterocycles. The summed E-state index contributed by atoms with van der Waals surface area (Å²) in [5, 5.41) is 1.20. The molecule has 118 valence electrons. The molecule has 4 nitrogen and oxygen atoms in total. The molecule has 0 spiro atoms. The molecular weight excluding hydrogens is 300 g/mol. The second-order valence-corrected chi connectivity index (χ2v) is 6.55. The van der Waals surface area contributed by atoms with E-state index in [1.807, 2.05) is 24.3 Å². The molecule has 1 unspecified atom stereocenters. The Morgan fingerprint density at radius 3 is 2.33 bits per heavy atom. The maximum Gasteiger partial charge on any atom is 0.261 e. The van der Waals surface area contributed by atoms with Crippen molar-refractivity contribution in [1.29, 1.82) is 0 Å². The summed E-state index contributed by atoms with van der Waals surface area (Å²) in [4.78, 5) is 30.4. The molecule has 2 heterocycles. The number of fused-ring (bicyclic) bond motifs is 4. The number of aromatic nitrogens is 1. The average molecular weight is 316 g/mol. The zero-order chi connectivity index (χ0) is 16.3. The Balaban J connectivity index is 1.54. The minimum absolute atomic E-state index is 0.0656. The van der Waals surface area contributed by atoms with Crippen molar-refractivity contribution >= 4 is 22.7 Å². The minimum atomic E-state index is -0.149. The van der Waals surface area contributed by atoms with Crippen LogP contribution in [0.1, 0.15) is 38.4 Å². The Kier molecular flexibility index (Phi) is 2.71. The summed E-state index contributed by atoms with van der Waals surface area (Å²) in [6, 6.07) is 15.3. The number of para-hydroxylation sites is 1. The molecular formula is C20H16N2O2. The summed E-state index contributed by atoms with van der Waals surface area (Å²) in [5.41, 5.74) is 4.69. The van der Waals surface area contributed by atoms with Gasteiger partial charge in [0.25, 0.3) is 11.8 Å². The third-order valence-corrected chi connectivity index (χ3v) is 5.26. The second kappa shape index (κ2) is 4.81. The molecule has 2 aliphatic rings. The lowest BCUT2D eigenvalue weighted by molar-refractivity contribution is 0.0571. The Morgan fingerprint density at radius 2 is 1.58 bits per heavy atom. The highest BCUT2D eigenvalue weighted by molar-refractivity contribution is 6.21. The molecule has 1 aliphatic heterocycles. The second-order valence-electron chi connectivity index (χ2n) is 6.55. The molecule has 1 N–H and O–H groups in total. The van der Waals surface area contributed by atoms with Gasteiger partial charge < -0.3 is 4.98 Å². The first-order valence-corrected chi connectivity index (χ1v) is 8.29. The number of imide groups is 1. The number of nitrogens with zero attached hydrogens (tertiary/aromatic N) is 1. The molecule has 0 radical (unpaired) electrons. The van der Waals surface area contributed by atoms with Crippen LogP contribution in [-0.4, -0.2) is 27.7 Å². The summed E-state index contributed by atoms with van der Waals surface area (Å²) in [6.45, 7) is 0. The summed E-state index contributed by atoms with van der Waals surface area (Å²) >= 11 is 0. The van der Waals surface area contributed by atoms with Gasteiger partial charge in [-0.15, -0.1) is 0 Å². The van der Waals surface area contributed by atoms with E-state index in [1.165, 1.54) is 21.5 Å². The molecule has 1 atom stereocenters.